The molecule has 1 aliphatic carbocycles. The molecule has 0 unspecified atom stereocenters. The Hall–Kier alpha value is -2.44. The van der Waals surface area contributed by atoms with E-state index >= 15 is 0 Å². The van der Waals surface area contributed by atoms with Gasteiger partial charge in [-0.1, -0.05) is 17.7 Å². The average molecular weight is 458 g/mol. The maximum Gasteiger partial charge on any atom is 0.321 e. The minimum Gasteiger partial charge on any atom is -0.493 e. The van der Waals surface area contributed by atoms with Crippen molar-refractivity contribution in [1.29, 1.82) is 0 Å². The van der Waals surface area contributed by atoms with Gasteiger partial charge in [0.15, 0.2) is 11.5 Å². The predicted molar refractivity (Wildman–Crippen MR) is 128 cm³/mol. The zero-order valence-electron chi connectivity index (χ0n) is 19.2. The van der Waals surface area contributed by atoms with Crippen molar-refractivity contribution in [2.24, 2.45) is 0 Å². The Morgan fingerprint density at radius 3 is 2.53 bits per heavy atom. The van der Waals surface area contributed by atoms with E-state index in [2.05, 4.69) is 29.4 Å². The van der Waals surface area contributed by atoms with Crippen LogP contribution in [-0.4, -0.2) is 57.9 Å². The molecule has 0 bridgehead atoms. The number of fused-ring (bicyclic) bond motifs is 1. The Morgan fingerprint density at radius 1 is 1.12 bits per heavy atom. The first-order chi connectivity index (χ1) is 15.4. The van der Waals surface area contributed by atoms with Gasteiger partial charge in [0, 0.05) is 35.3 Å². The summed E-state index contributed by atoms with van der Waals surface area (Å²) >= 11 is 5.98. The summed E-state index contributed by atoms with van der Waals surface area (Å²) in [6.45, 7) is 1.05. The van der Waals surface area contributed by atoms with E-state index in [9.17, 15) is 4.79 Å². The van der Waals surface area contributed by atoms with E-state index in [1.807, 2.05) is 18.2 Å². The zero-order valence-corrected chi connectivity index (χ0v) is 20.0. The third kappa shape index (κ3) is 4.14. The predicted octanol–water partition coefficient (Wildman–Crippen LogP) is 4.70. The molecule has 0 aromatic heterocycles. The van der Waals surface area contributed by atoms with Crippen LogP contribution in [0.4, 0.5) is 10.5 Å². The van der Waals surface area contributed by atoms with Crippen LogP contribution in [0.3, 0.4) is 0 Å². The number of hydrogen-bond donors (Lipinski definition) is 1. The smallest absolute Gasteiger partial charge is 0.321 e. The van der Waals surface area contributed by atoms with E-state index in [1.54, 1.807) is 38.3 Å². The lowest BCUT2D eigenvalue weighted by molar-refractivity contribution is 0.155. The summed E-state index contributed by atoms with van der Waals surface area (Å²) in [4.78, 5) is 17.0. The third-order valence-corrected chi connectivity index (χ3v) is 7.58. The zero-order chi connectivity index (χ0) is 22.9. The van der Waals surface area contributed by atoms with Crippen molar-refractivity contribution in [1.82, 2.24) is 10.2 Å². The molecule has 0 spiro atoms. The van der Waals surface area contributed by atoms with E-state index in [0.717, 1.165) is 49.4 Å². The monoisotopic (exact) mass is 457 g/mol. The topological polar surface area (TPSA) is 54.0 Å². The molecule has 4 rings (SSSR count). The summed E-state index contributed by atoms with van der Waals surface area (Å²) in [7, 11) is 7.33. The van der Waals surface area contributed by atoms with Gasteiger partial charge in [-0.3, -0.25) is 4.90 Å². The van der Waals surface area contributed by atoms with Gasteiger partial charge in [-0.2, -0.15) is 0 Å². The number of methoxy groups -OCH3 is 2. The number of likely N-dealkylation sites (N-methyl/N-ethyl adjacent to an activating group) is 1. The van der Waals surface area contributed by atoms with Gasteiger partial charge < -0.3 is 19.7 Å². The summed E-state index contributed by atoms with van der Waals surface area (Å²) in [6.07, 6.45) is 3.99. The Morgan fingerprint density at radius 2 is 1.84 bits per heavy atom. The average Bonchev–Trinajstić information content (AvgIpc) is 3.15. The highest BCUT2D eigenvalue weighted by Gasteiger charge is 2.50. The highest BCUT2D eigenvalue weighted by molar-refractivity contribution is 6.30. The summed E-state index contributed by atoms with van der Waals surface area (Å²) in [5, 5.41) is 3.92. The first-order valence-corrected chi connectivity index (χ1v) is 11.5. The number of hydrogen-bond acceptors (Lipinski definition) is 4. The number of benzene rings is 2. The van der Waals surface area contributed by atoms with Crippen molar-refractivity contribution in [3.63, 3.8) is 0 Å². The van der Waals surface area contributed by atoms with E-state index in [4.69, 9.17) is 21.1 Å². The summed E-state index contributed by atoms with van der Waals surface area (Å²) in [5.41, 5.74) is 2.19. The number of rotatable bonds is 5. The fourth-order valence-corrected chi connectivity index (χ4v) is 5.57. The fraction of sp³-hybridized carbons (Fsp3) is 0.480. The SMILES string of the molecule is COc1ccc([C@@]23CC[C@H](NC(=O)N(C)c4ccc(Cl)cc4)C[C@H]2N(C)CC3)cc1OC. The van der Waals surface area contributed by atoms with Crippen LogP contribution in [-0.2, 0) is 5.41 Å². The molecular formula is C25H32ClN3O3. The van der Waals surface area contributed by atoms with Gasteiger partial charge >= 0.3 is 6.03 Å². The molecule has 1 aliphatic heterocycles. The van der Waals surface area contributed by atoms with Crippen molar-refractivity contribution >= 4 is 23.3 Å². The number of carbonyl (C=O) groups excluding carboxylic acids is 1. The molecule has 1 N–H and O–H groups in total. The van der Waals surface area contributed by atoms with E-state index in [0.29, 0.717) is 11.1 Å². The standard InChI is InChI=1S/C25H32ClN3O3/c1-28-14-13-25(17-5-10-21(31-3)22(15-17)32-4)12-11-19(16-23(25)28)27-24(30)29(2)20-8-6-18(26)7-9-20/h5-10,15,19,23H,11-14,16H2,1-4H3,(H,27,30)/t19-,23+,25-/m0/s1. The molecule has 1 heterocycles. The van der Waals surface area contributed by atoms with Gasteiger partial charge in [0.2, 0.25) is 0 Å². The van der Waals surface area contributed by atoms with E-state index < -0.39 is 0 Å². The molecule has 0 radical (unpaired) electrons. The Balaban J connectivity index is 1.50. The number of likely N-dealkylation sites (tertiary alicyclic amines) is 1. The lowest BCUT2D eigenvalue weighted by atomic mass is 9.65. The van der Waals surface area contributed by atoms with Crippen LogP contribution < -0.4 is 19.7 Å². The summed E-state index contributed by atoms with van der Waals surface area (Å²) in [5.74, 6) is 1.52. The number of amides is 2. The maximum atomic E-state index is 12.9. The van der Waals surface area contributed by atoms with E-state index in [-0.39, 0.29) is 17.5 Å². The number of carbonyl (C=O) groups is 1. The largest absolute Gasteiger partial charge is 0.493 e. The molecule has 172 valence electrons. The molecule has 6 nitrogen and oxygen atoms in total. The van der Waals surface area contributed by atoms with Crippen LogP contribution >= 0.6 is 11.6 Å². The molecule has 3 atom stereocenters. The molecule has 2 amide bonds. The molecule has 2 fully saturated rings. The number of nitrogens with zero attached hydrogens (tertiary/aromatic N) is 2. The highest BCUT2D eigenvalue weighted by Crippen LogP contribution is 2.49. The lowest BCUT2D eigenvalue weighted by Gasteiger charge is -2.45. The highest BCUT2D eigenvalue weighted by atomic mass is 35.5. The van der Waals surface area contributed by atoms with Gasteiger partial charge in [0.1, 0.15) is 0 Å². The minimum atomic E-state index is -0.0865. The fourth-order valence-electron chi connectivity index (χ4n) is 5.45. The second kappa shape index (κ2) is 9.20. The molecule has 7 heteroatoms. The third-order valence-electron chi connectivity index (χ3n) is 7.33. The van der Waals surface area contributed by atoms with Crippen LogP contribution in [0.25, 0.3) is 0 Å². The second-order valence-corrected chi connectivity index (χ2v) is 9.36. The van der Waals surface area contributed by atoms with Gasteiger partial charge in [0.25, 0.3) is 0 Å². The van der Waals surface area contributed by atoms with Crippen molar-refractivity contribution in [3.05, 3.63) is 53.1 Å². The molecule has 2 aromatic carbocycles. The molecule has 2 aromatic rings. The van der Waals surface area contributed by atoms with Crippen molar-refractivity contribution < 1.29 is 14.3 Å². The second-order valence-electron chi connectivity index (χ2n) is 8.93. The van der Waals surface area contributed by atoms with Crippen LogP contribution in [0.15, 0.2) is 42.5 Å². The van der Waals surface area contributed by atoms with Gasteiger partial charge in [-0.25, -0.2) is 4.79 Å². The Bertz CT molecular complexity index is 967. The van der Waals surface area contributed by atoms with Crippen molar-refractivity contribution in [2.45, 2.75) is 43.2 Å². The number of ether oxygens (including phenoxy) is 2. The maximum absolute atomic E-state index is 12.9. The number of nitrogens with one attached hydrogen (secondary N) is 1. The Labute approximate surface area is 195 Å². The first-order valence-electron chi connectivity index (χ1n) is 11.1. The van der Waals surface area contributed by atoms with Gasteiger partial charge in [-0.05, 0) is 81.2 Å². The number of halogens is 1. The summed E-state index contributed by atoms with van der Waals surface area (Å²) < 4.78 is 11.0. The van der Waals surface area contributed by atoms with Crippen LogP contribution in [0.5, 0.6) is 11.5 Å². The minimum absolute atomic E-state index is 0.0671. The van der Waals surface area contributed by atoms with E-state index in [1.165, 1.54) is 5.56 Å². The Kier molecular flexibility index (Phi) is 6.54. The normalized spacial score (nSPS) is 25.2. The molecular weight excluding hydrogens is 426 g/mol. The quantitative estimate of drug-likeness (QED) is 0.707. The molecule has 2 aliphatic rings. The summed E-state index contributed by atoms with van der Waals surface area (Å²) in [6, 6.07) is 14.0. The van der Waals surface area contributed by atoms with Crippen LogP contribution in [0.2, 0.25) is 5.02 Å². The van der Waals surface area contributed by atoms with Gasteiger partial charge in [-0.15, -0.1) is 0 Å². The molecule has 1 saturated heterocycles. The van der Waals surface area contributed by atoms with Crippen LogP contribution in [0.1, 0.15) is 31.2 Å². The number of urea groups is 1. The first kappa shape index (κ1) is 22.7. The lowest BCUT2D eigenvalue weighted by Crippen LogP contribution is -2.53. The molecule has 1 saturated carbocycles. The molecule has 32 heavy (non-hydrogen) atoms. The number of anilines is 1. The van der Waals surface area contributed by atoms with Crippen LogP contribution in [0, 0.1) is 0 Å². The van der Waals surface area contributed by atoms with Crippen molar-refractivity contribution in [3.8, 4) is 11.5 Å². The van der Waals surface area contributed by atoms with Crippen molar-refractivity contribution in [2.75, 3.05) is 39.8 Å². The van der Waals surface area contributed by atoms with Gasteiger partial charge in [0.05, 0.1) is 14.2 Å².